The molecule has 1 aromatic heterocycles. The topological polar surface area (TPSA) is 66.0 Å². The second-order valence-electron chi connectivity index (χ2n) is 4.66. The Morgan fingerprint density at radius 3 is 2.95 bits per heavy atom. The molecule has 0 unspecified atom stereocenters. The summed E-state index contributed by atoms with van der Waals surface area (Å²) < 4.78 is 8.72. The number of rotatable bonds is 6. The summed E-state index contributed by atoms with van der Waals surface area (Å²) in [6, 6.07) is 5.76. The number of nitrogens with zero attached hydrogens (tertiary/aromatic N) is 3. The van der Waals surface area contributed by atoms with Crippen LogP contribution in [0.5, 0.6) is 5.75 Å². The fourth-order valence-corrected chi connectivity index (χ4v) is 2.33. The van der Waals surface area contributed by atoms with E-state index in [1.807, 2.05) is 29.8 Å². The van der Waals surface area contributed by atoms with Gasteiger partial charge in [-0.2, -0.15) is 5.10 Å². The van der Waals surface area contributed by atoms with E-state index >= 15 is 0 Å². The Balaban J connectivity index is 2.12. The predicted octanol–water partition coefficient (Wildman–Crippen LogP) is 3.05. The van der Waals surface area contributed by atoms with E-state index in [2.05, 4.69) is 32.9 Å². The molecule has 1 heterocycles. The van der Waals surface area contributed by atoms with Crippen LogP contribution in [-0.4, -0.2) is 14.8 Å². The van der Waals surface area contributed by atoms with Crippen molar-refractivity contribution < 1.29 is 4.74 Å². The van der Waals surface area contributed by atoms with E-state index in [9.17, 15) is 0 Å². The quantitative estimate of drug-likeness (QED) is 0.878. The summed E-state index contributed by atoms with van der Waals surface area (Å²) in [6.07, 6.45) is 2.57. The Morgan fingerprint density at radius 2 is 2.25 bits per heavy atom. The van der Waals surface area contributed by atoms with Gasteiger partial charge in [0.2, 0.25) is 0 Å². The summed E-state index contributed by atoms with van der Waals surface area (Å²) in [5.41, 5.74) is 6.95. The van der Waals surface area contributed by atoms with E-state index in [0.29, 0.717) is 6.61 Å². The molecule has 0 radical (unpaired) electrons. The maximum atomic E-state index is 5.98. The number of hydrogen-bond acceptors (Lipinski definition) is 4. The first kappa shape index (κ1) is 15.0. The lowest BCUT2D eigenvalue weighted by atomic mass is 10.1. The fourth-order valence-electron chi connectivity index (χ4n) is 1.95. The van der Waals surface area contributed by atoms with Gasteiger partial charge in [0, 0.05) is 22.6 Å². The zero-order chi connectivity index (χ0) is 14.5. The molecule has 0 amide bonds. The molecule has 1 atom stereocenters. The van der Waals surface area contributed by atoms with E-state index < -0.39 is 0 Å². The zero-order valence-corrected chi connectivity index (χ0v) is 13.3. The van der Waals surface area contributed by atoms with Crippen LogP contribution in [0.1, 0.15) is 37.7 Å². The standard InChI is InChI=1S/C14H19BrN4O/c1-3-6-19-14(17-9-18-19)8-20-13-5-4-11(15)7-12(13)10(2)16/h4-5,7,9-10H,3,6,8,16H2,1-2H3/t10-/m1/s1. The van der Waals surface area contributed by atoms with E-state index in [0.717, 1.165) is 34.6 Å². The molecule has 2 aromatic rings. The maximum Gasteiger partial charge on any atom is 0.164 e. The van der Waals surface area contributed by atoms with E-state index in [1.54, 1.807) is 6.33 Å². The van der Waals surface area contributed by atoms with Gasteiger partial charge in [-0.15, -0.1) is 0 Å². The fraction of sp³-hybridized carbons (Fsp3) is 0.429. The van der Waals surface area contributed by atoms with Crippen molar-refractivity contribution in [1.82, 2.24) is 14.8 Å². The van der Waals surface area contributed by atoms with Gasteiger partial charge in [0.1, 0.15) is 18.7 Å². The van der Waals surface area contributed by atoms with Crippen molar-refractivity contribution in [3.63, 3.8) is 0 Å². The normalized spacial score (nSPS) is 12.4. The lowest BCUT2D eigenvalue weighted by Gasteiger charge is -2.14. The molecule has 0 aliphatic rings. The summed E-state index contributed by atoms with van der Waals surface area (Å²) in [6.45, 7) is 5.28. The molecule has 108 valence electrons. The Kier molecular flexibility index (Phi) is 5.14. The van der Waals surface area contributed by atoms with Crippen LogP contribution in [0.25, 0.3) is 0 Å². The molecule has 6 heteroatoms. The minimum atomic E-state index is -0.0870. The second kappa shape index (κ2) is 6.85. The van der Waals surface area contributed by atoms with E-state index in [1.165, 1.54) is 0 Å². The molecule has 0 saturated heterocycles. The average Bonchev–Trinajstić information content (AvgIpc) is 2.85. The lowest BCUT2D eigenvalue weighted by molar-refractivity contribution is 0.282. The molecule has 0 spiro atoms. The van der Waals surface area contributed by atoms with Gasteiger partial charge in [0.25, 0.3) is 0 Å². The summed E-state index contributed by atoms with van der Waals surface area (Å²) >= 11 is 3.45. The number of nitrogens with two attached hydrogens (primary N) is 1. The Labute approximate surface area is 127 Å². The van der Waals surface area contributed by atoms with Gasteiger partial charge >= 0.3 is 0 Å². The van der Waals surface area contributed by atoms with Crippen LogP contribution >= 0.6 is 15.9 Å². The largest absolute Gasteiger partial charge is 0.485 e. The van der Waals surface area contributed by atoms with Gasteiger partial charge in [-0.05, 0) is 31.5 Å². The number of aromatic nitrogens is 3. The van der Waals surface area contributed by atoms with Gasteiger partial charge in [-0.25, -0.2) is 9.67 Å². The SMILES string of the molecule is CCCn1ncnc1COc1ccc(Br)cc1[C@@H](C)N. The van der Waals surface area contributed by atoms with Gasteiger partial charge < -0.3 is 10.5 Å². The molecule has 5 nitrogen and oxygen atoms in total. The second-order valence-corrected chi connectivity index (χ2v) is 5.57. The maximum absolute atomic E-state index is 5.98. The summed E-state index contributed by atoms with van der Waals surface area (Å²) in [5, 5.41) is 4.18. The van der Waals surface area contributed by atoms with Crippen molar-refractivity contribution in [2.75, 3.05) is 0 Å². The highest BCUT2D eigenvalue weighted by Gasteiger charge is 2.11. The lowest BCUT2D eigenvalue weighted by Crippen LogP contribution is -2.11. The van der Waals surface area contributed by atoms with Gasteiger partial charge in [0.15, 0.2) is 5.82 Å². The van der Waals surface area contributed by atoms with Crippen molar-refractivity contribution >= 4 is 15.9 Å². The minimum Gasteiger partial charge on any atom is -0.485 e. The number of benzene rings is 1. The number of ether oxygens (including phenoxy) is 1. The summed E-state index contributed by atoms with van der Waals surface area (Å²) in [7, 11) is 0. The smallest absolute Gasteiger partial charge is 0.164 e. The summed E-state index contributed by atoms with van der Waals surface area (Å²) in [5.74, 6) is 1.61. The van der Waals surface area contributed by atoms with Gasteiger partial charge in [-0.3, -0.25) is 0 Å². The van der Waals surface area contributed by atoms with Crippen molar-refractivity contribution in [2.24, 2.45) is 5.73 Å². The van der Waals surface area contributed by atoms with Crippen LogP contribution in [0.15, 0.2) is 29.0 Å². The molecule has 0 saturated carbocycles. The molecular weight excluding hydrogens is 320 g/mol. The van der Waals surface area contributed by atoms with Gasteiger partial charge in [0.05, 0.1) is 0 Å². The molecule has 1 aromatic carbocycles. The highest BCUT2D eigenvalue weighted by molar-refractivity contribution is 9.10. The van der Waals surface area contributed by atoms with Crippen molar-refractivity contribution in [1.29, 1.82) is 0 Å². The van der Waals surface area contributed by atoms with Crippen molar-refractivity contribution in [3.8, 4) is 5.75 Å². The van der Waals surface area contributed by atoms with Crippen LogP contribution < -0.4 is 10.5 Å². The molecule has 0 bridgehead atoms. The van der Waals surface area contributed by atoms with Crippen LogP contribution in [-0.2, 0) is 13.2 Å². The predicted molar refractivity (Wildman–Crippen MR) is 81.4 cm³/mol. The molecule has 0 aliphatic carbocycles. The summed E-state index contributed by atoms with van der Waals surface area (Å²) in [4.78, 5) is 4.23. The van der Waals surface area contributed by atoms with Crippen LogP contribution in [0.2, 0.25) is 0 Å². The highest BCUT2D eigenvalue weighted by Crippen LogP contribution is 2.28. The first-order valence-corrected chi connectivity index (χ1v) is 7.45. The van der Waals surface area contributed by atoms with E-state index in [-0.39, 0.29) is 6.04 Å². The minimum absolute atomic E-state index is 0.0870. The molecule has 2 N–H and O–H groups in total. The number of hydrogen-bond donors (Lipinski definition) is 1. The first-order chi connectivity index (χ1) is 9.61. The first-order valence-electron chi connectivity index (χ1n) is 6.66. The third kappa shape index (κ3) is 3.58. The molecule has 0 aliphatic heterocycles. The van der Waals surface area contributed by atoms with E-state index in [4.69, 9.17) is 10.5 Å². The van der Waals surface area contributed by atoms with Crippen molar-refractivity contribution in [2.45, 2.75) is 39.5 Å². The third-order valence-electron chi connectivity index (χ3n) is 2.95. The monoisotopic (exact) mass is 338 g/mol. The third-order valence-corrected chi connectivity index (χ3v) is 3.44. The van der Waals surface area contributed by atoms with Crippen LogP contribution in [0, 0.1) is 0 Å². The Bertz CT molecular complexity index is 568. The molecular formula is C14H19BrN4O. The van der Waals surface area contributed by atoms with Crippen molar-refractivity contribution in [3.05, 3.63) is 40.4 Å². The van der Waals surface area contributed by atoms with Crippen LogP contribution in [0.4, 0.5) is 0 Å². The number of aryl methyl sites for hydroxylation is 1. The molecule has 0 fully saturated rings. The zero-order valence-electron chi connectivity index (χ0n) is 11.7. The molecule has 20 heavy (non-hydrogen) atoms. The number of halogens is 1. The van der Waals surface area contributed by atoms with Crippen LogP contribution in [0.3, 0.4) is 0 Å². The Morgan fingerprint density at radius 1 is 1.45 bits per heavy atom. The van der Waals surface area contributed by atoms with Gasteiger partial charge in [-0.1, -0.05) is 22.9 Å². The Hall–Kier alpha value is -1.40. The highest BCUT2D eigenvalue weighted by atomic mass is 79.9. The average molecular weight is 339 g/mol. The molecule has 2 rings (SSSR count).